The summed E-state index contributed by atoms with van der Waals surface area (Å²) in [6.45, 7) is 5.77. The third-order valence-electron chi connectivity index (χ3n) is 5.03. The van der Waals surface area contributed by atoms with E-state index in [1.807, 2.05) is 18.2 Å². The van der Waals surface area contributed by atoms with Gasteiger partial charge in [-0.05, 0) is 31.6 Å². The van der Waals surface area contributed by atoms with Crippen LogP contribution in [0.3, 0.4) is 0 Å². The van der Waals surface area contributed by atoms with E-state index in [1.165, 1.54) is 0 Å². The molecule has 1 N–H and O–H groups in total. The van der Waals surface area contributed by atoms with Gasteiger partial charge >= 0.3 is 0 Å². The summed E-state index contributed by atoms with van der Waals surface area (Å²) >= 11 is 0. The number of aliphatic hydroxyl groups is 1. The molecule has 2 aliphatic rings. The highest BCUT2D eigenvalue weighted by Gasteiger charge is 2.32. The summed E-state index contributed by atoms with van der Waals surface area (Å²) < 4.78 is 10.9. The summed E-state index contributed by atoms with van der Waals surface area (Å²) in [4.78, 5) is 8.78. The molecule has 7 nitrogen and oxygen atoms in total. The van der Waals surface area contributed by atoms with Gasteiger partial charge in [-0.25, -0.2) is 0 Å². The first-order chi connectivity index (χ1) is 12.3. The zero-order chi connectivity index (χ0) is 17.1. The first-order valence-corrected chi connectivity index (χ1v) is 8.88. The molecule has 134 valence electrons. The van der Waals surface area contributed by atoms with Crippen LogP contribution >= 0.6 is 0 Å². The van der Waals surface area contributed by atoms with Gasteiger partial charge in [0.15, 0.2) is 5.76 Å². The molecule has 2 fully saturated rings. The first-order valence-electron chi connectivity index (χ1n) is 8.88. The molecule has 0 bridgehead atoms. The van der Waals surface area contributed by atoms with E-state index in [0.717, 1.165) is 56.2 Å². The predicted molar refractivity (Wildman–Crippen MR) is 91.8 cm³/mol. The van der Waals surface area contributed by atoms with Crippen molar-refractivity contribution in [2.45, 2.75) is 25.1 Å². The fraction of sp³-hybridized carbons (Fsp3) is 0.556. The third-order valence-corrected chi connectivity index (χ3v) is 5.03. The van der Waals surface area contributed by atoms with Crippen molar-refractivity contribution >= 4 is 0 Å². The van der Waals surface area contributed by atoms with Gasteiger partial charge in [-0.1, -0.05) is 5.16 Å². The van der Waals surface area contributed by atoms with Crippen molar-refractivity contribution in [1.82, 2.24) is 19.9 Å². The molecule has 2 aromatic rings. The first kappa shape index (κ1) is 16.7. The van der Waals surface area contributed by atoms with Crippen LogP contribution in [0.4, 0.5) is 0 Å². The molecule has 0 aliphatic carbocycles. The molecule has 4 rings (SSSR count). The van der Waals surface area contributed by atoms with E-state index in [1.54, 1.807) is 12.4 Å². The van der Waals surface area contributed by atoms with E-state index in [4.69, 9.17) is 9.26 Å². The van der Waals surface area contributed by atoms with Gasteiger partial charge in [0.25, 0.3) is 0 Å². The topological polar surface area (TPSA) is 74.9 Å². The van der Waals surface area contributed by atoms with Gasteiger partial charge in [0.05, 0.1) is 31.9 Å². The minimum absolute atomic E-state index is 0.142. The van der Waals surface area contributed by atoms with Crippen molar-refractivity contribution in [1.29, 1.82) is 0 Å². The Bertz CT molecular complexity index is 678. The lowest BCUT2D eigenvalue weighted by molar-refractivity contribution is 0.0835. The van der Waals surface area contributed by atoms with E-state index >= 15 is 0 Å². The maximum absolute atomic E-state index is 10.0. The quantitative estimate of drug-likeness (QED) is 0.887. The molecule has 0 radical (unpaired) electrons. The highest BCUT2D eigenvalue weighted by molar-refractivity contribution is 5.57. The van der Waals surface area contributed by atoms with Crippen LogP contribution in [0.25, 0.3) is 11.3 Å². The minimum atomic E-state index is -0.358. The van der Waals surface area contributed by atoms with Gasteiger partial charge in [-0.3, -0.25) is 14.8 Å². The van der Waals surface area contributed by atoms with Gasteiger partial charge in [-0.2, -0.15) is 0 Å². The monoisotopic (exact) mass is 344 g/mol. The summed E-state index contributed by atoms with van der Waals surface area (Å²) in [5, 5.41) is 14.2. The van der Waals surface area contributed by atoms with E-state index in [9.17, 15) is 5.11 Å². The minimum Gasteiger partial charge on any atom is -0.389 e. The second-order valence-electron chi connectivity index (χ2n) is 6.75. The van der Waals surface area contributed by atoms with Gasteiger partial charge in [-0.15, -0.1) is 0 Å². The average molecular weight is 344 g/mol. The molecule has 2 atom stereocenters. The average Bonchev–Trinajstić information content (AvgIpc) is 3.21. The van der Waals surface area contributed by atoms with Gasteiger partial charge < -0.3 is 14.4 Å². The third kappa shape index (κ3) is 3.90. The number of aromatic nitrogens is 2. The summed E-state index contributed by atoms with van der Waals surface area (Å²) in [5.41, 5.74) is 1.86. The van der Waals surface area contributed by atoms with Crippen LogP contribution in [0.1, 0.15) is 12.2 Å². The standard InChI is InChI=1S/C18H24N4O3/c23-18-13-24-12-17(18)22-7-1-6-21(8-9-22)11-15-10-16(20-25-15)14-2-4-19-5-3-14/h2-5,10,17-18,23H,1,6-9,11-13H2/t17-,18-/m0/s1. The molecule has 0 saturated carbocycles. The molecule has 4 heterocycles. The fourth-order valence-corrected chi connectivity index (χ4v) is 3.63. The van der Waals surface area contributed by atoms with E-state index in [0.29, 0.717) is 13.2 Å². The van der Waals surface area contributed by atoms with Gasteiger partial charge in [0.2, 0.25) is 0 Å². The summed E-state index contributed by atoms with van der Waals surface area (Å²) in [6.07, 6.45) is 4.24. The number of ether oxygens (including phenoxy) is 1. The van der Waals surface area contributed by atoms with Crippen LogP contribution < -0.4 is 0 Å². The fourth-order valence-electron chi connectivity index (χ4n) is 3.63. The molecule has 2 saturated heterocycles. The van der Waals surface area contributed by atoms with E-state index in [-0.39, 0.29) is 12.1 Å². The lowest BCUT2D eigenvalue weighted by Crippen LogP contribution is -2.44. The normalized spacial score (nSPS) is 26.0. The number of pyridine rings is 1. The van der Waals surface area contributed by atoms with Gasteiger partial charge in [0.1, 0.15) is 5.69 Å². The van der Waals surface area contributed by atoms with Crippen molar-refractivity contribution in [3.05, 3.63) is 36.4 Å². The number of hydrogen-bond acceptors (Lipinski definition) is 7. The molecular formula is C18H24N4O3. The van der Waals surface area contributed by atoms with E-state index < -0.39 is 0 Å². The molecule has 0 aromatic carbocycles. The molecule has 2 aliphatic heterocycles. The molecule has 2 aromatic heterocycles. The van der Waals surface area contributed by atoms with Crippen LogP contribution in [0.2, 0.25) is 0 Å². The van der Waals surface area contributed by atoms with Crippen LogP contribution in [0.5, 0.6) is 0 Å². The van der Waals surface area contributed by atoms with Crippen molar-refractivity contribution in [3.8, 4) is 11.3 Å². The predicted octanol–water partition coefficient (Wildman–Crippen LogP) is 1.00. The van der Waals surface area contributed by atoms with Crippen LogP contribution in [-0.4, -0.2) is 76.6 Å². The zero-order valence-corrected chi connectivity index (χ0v) is 14.3. The summed E-state index contributed by atoms with van der Waals surface area (Å²) in [5.74, 6) is 0.879. The molecule has 0 unspecified atom stereocenters. The molecule has 0 spiro atoms. The smallest absolute Gasteiger partial charge is 0.151 e. The van der Waals surface area contributed by atoms with Crippen molar-refractivity contribution in [3.63, 3.8) is 0 Å². The number of hydrogen-bond donors (Lipinski definition) is 1. The highest BCUT2D eigenvalue weighted by Crippen LogP contribution is 2.20. The molecular weight excluding hydrogens is 320 g/mol. The Morgan fingerprint density at radius 3 is 2.80 bits per heavy atom. The Labute approximate surface area is 147 Å². The number of nitrogens with zero attached hydrogens (tertiary/aromatic N) is 4. The Balaban J connectivity index is 1.35. The summed E-state index contributed by atoms with van der Waals surface area (Å²) in [6, 6.07) is 6.01. The van der Waals surface area contributed by atoms with Crippen molar-refractivity contribution in [2.24, 2.45) is 0 Å². The Kier molecular flexibility index (Phi) is 5.07. The second kappa shape index (κ2) is 7.61. The van der Waals surface area contributed by atoms with Crippen LogP contribution in [0.15, 0.2) is 35.1 Å². The van der Waals surface area contributed by atoms with Crippen molar-refractivity contribution in [2.75, 3.05) is 39.4 Å². The lowest BCUT2D eigenvalue weighted by atomic mass is 10.2. The van der Waals surface area contributed by atoms with Gasteiger partial charge in [0, 0.05) is 37.1 Å². The maximum Gasteiger partial charge on any atom is 0.151 e. The largest absolute Gasteiger partial charge is 0.389 e. The van der Waals surface area contributed by atoms with Crippen molar-refractivity contribution < 1.29 is 14.4 Å². The Morgan fingerprint density at radius 1 is 1.12 bits per heavy atom. The highest BCUT2D eigenvalue weighted by atomic mass is 16.5. The SMILES string of the molecule is O[C@H]1COC[C@@H]1N1CCCN(Cc2cc(-c3ccncc3)no2)CC1. The maximum atomic E-state index is 10.0. The lowest BCUT2D eigenvalue weighted by Gasteiger charge is -2.28. The number of rotatable bonds is 4. The molecule has 25 heavy (non-hydrogen) atoms. The van der Waals surface area contributed by atoms with Crippen LogP contribution in [-0.2, 0) is 11.3 Å². The Morgan fingerprint density at radius 2 is 2.00 bits per heavy atom. The summed E-state index contributed by atoms with van der Waals surface area (Å²) in [7, 11) is 0. The van der Waals surface area contributed by atoms with Crippen LogP contribution in [0, 0.1) is 0 Å². The zero-order valence-electron chi connectivity index (χ0n) is 14.3. The molecule has 0 amide bonds. The molecule has 7 heteroatoms. The number of aliphatic hydroxyl groups excluding tert-OH is 1. The van der Waals surface area contributed by atoms with E-state index in [2.05, 4.69) is 19.9 Å². The second-order valence-corrected chi connectivity index (χ2v) is 6.75. The Hall–Kier alpha value is -1.80.